The standard InChI is InChI=1S/C16H20N6O/c23-16(12-22-7-1-6-17-22)21-10-8-20(9-11-21)15-5-4-14(18-19-15)13-2-3-13/h1,4-7,13H,2-3,8-12H2. The Labute approximate surface area is 134 Å². The van der Waals surface area contributed by atoms with Crippen LogP contribution < -0.4 is 4.90 Å². The number of amides is 1. The van der Waals surface area contributed by atoms with Crippen LogP contribution in [0.5, 0.6) is 0 Å². The van der Waals surface area contributed by atoms with Crippen LogP contribution in [0.2, 0.25) is 0 Å². The highest BCUT2D eigenvalue weighted by atomic mass is 16.2. The predicted molar refractivity (Wildman–Crippen MR) is 85.0 cm³/mol. The van der Waals surface area contributed by atoms with Crippen LogP contribution in [0.1, 0.15) is 24.5 Å². The molecule has 1 aliphatic carbocycles. The number of carbonyl (C=O) groups is 1. The molecule has 0 N–H and O–H groups in total. The zero-order valence-electron chi connectivity index (χ0n) is 13.0. The Balaban J connectivity index is 1.32. The van der Waals surface area contributed by atoms with E-state index in [4.69, 9.17) is 0 Å². The van der Waals surface area contributed by atoms with Gasteiger partial charge in [-0.05, 0) is 31.0 Å². The number of piperazine rings is 1. The first-order chi connectivity index (χ1) is 11.3. The molecule has 1 saturated heterocycles. The molecule has 1 aliphatic heterocycles. The minimum atomic E-state index is 0.114. The van der Waals surface area contributed by atoms with Gasteiger partial charge in [-0.3, -0.25) is 9.48 Å². The van der Waals surface area contributed by atoms with Crippen LogP contribution in [0.15, 0.2) is 30.6 Å². The lowest BCUT2D eigenvalue weighted by atomic mass is 10.2. The van der Waals surface area contributed by atoms with Crippen molar-refractivity contribution in [2.75, 3.05) is 31.1 Å². The van der Waals surface area contributed by atoms with Crippen molar-refractivity contribution < 1.29 is 4.79 Å². The Morgan fingerprint density at radius 3 is 2.57 bits per heavy atom. The SMILES string of the molecule is O=C(Cn1cccn1)N1CCN(c2ccc(C3CC3)nn2)CC1. The van der Waals surface area contributed by atoms with Crippen LogP contribution in [0.3, 0.4) is 0 Å². The van der Waals surface area contributed by atoms with Crippen molar-refractivity contribution in [3.63, 3.8) is 0 Å². The fourth-order valence-corrected chi connectivity index (χ4v) is 2.92. The topological polar surface area (TPSA) is 67.2 Å². The van der Waals surface area contributed by atoms with E-state index >= 15 is 0 Å². The van der Waals surface area contributed by atoms with Crippen LogP contribution in [-0.2, 0) is 11.3 Å². The van der Waals surface area contributed by atoms with E-state index in [-0.39, 0.29) is 5.91 Å². The number of anilines is 1. The van der Waals surface area contributed by atoms with E-state index < -0.39 is 0 Å². The highest BCUT2D eigenvalue weighted by Crippen LogP contribution is 2.38. The summed E-state index contributed by atoms with van der Waals surface area (Å²) in [5.74, 6) is 1.66. The molecule has 2 fully saturated rings. The molecule has 1 amide bonds. The van der Waals surface area contributed by atoms with Crippen molar-refractivity contribution in [2.24, 2.45) is 0 Å². The van der Waals surface area contributed by atoms with E-state index in [1.54, 1.807) is 10.9 Å². The van der Waals surface area contributed by atoms with Gasteiger partial charge in [0.25, 0.3) is 0 Å². The molecule has 0 radical (unpaired) electrons. The highest BCUT2D eigenvalue weighted by molar-refractivity contribution is 5.76. The molecule has 23 heavy (non-hydrogen) atoms. The molecule has 120 valence electrons. The van der Waals surface area contributed by atoms with Gasteiger partial charge in [0.2, 0.25) is 5.91 Å². The summed E-state index contributed by atoms with van der Waals surface area (Å²) in [5, 5.41) is 12.8. The Morgan fingerprint density at radius 1 is 1.13 bits per heavy atom. The molecule has 0 spiro atoms. The van der Waals surface area contributed by atoms with E-state index in [1.807, 2.05) is 17.2 Å². The largest absolute Gasteiger partial charge is 0.352 e. The van der Waals surface area contributed by atoms with Gasteiger partial charge in [-0.15, -0.1) is 5.10 Å². The summed E-state index contributed by atoms with van der Waals surface area (Å²) in [4.78, 5) is 16.3. The summed E-state index contributed by atoms with van der Waals surface area (Å²) >= 11 is 0. The summed E-state index contributed by atoms with van der Waals surface area (Å²) in [6.07, 6.45) is 5.98. The van der Waals surface area contributed by atoms with Crippen LogP contribution in [-0.4, -0.2) is 57.0 Å². The predicted octanol–water partition coefficient (Wildman–Crippen LogP) is 0.899. The number of aromatic nitrogens is 4. The molecule has 2 aliphatic rings. The lowest BCUT2D eigenvalue weighted by Gasteiger charge is -2.35. The van der Waals surface area contributed by atoms with Crippen LogP contribution in [0.4, 0.5) is 5.82 Å². The third-order valence-corrected chi connectivity index (χ3v) is 4.48. The van der Waals surface area contributed by atoms with Crippen molar-refractivity contribution in [2.45, 2.75) is 25.3 Å². The van der Waals surface area contributed by atoms with Gasteiger partial charge in [-0.2, -0.15) is 10.2 Å². The smallest absolute Gasteiger partial charge is 0.244 e. The summed E-state index contributed by atoms with van der Waals surface area (Å²) in [6, 6.07) is 5.98. The minimum Gasteiger partial charge on any atom is -0.352 e. The van der Waals surface area contributed by atoms with E-state index in [0.29, 0.717) is 25.6 Å². The second kappa shape index (κ2) is 5.98. The Bertz CT molecular complexity index is 656. The van der Waals surface area contributed by atoms with Crippen molar-refractivity contribution in [3.05, 3.63) is 36.3 Å². The first-order valence-electron chi connectivity index (χ1n) is 8.13. The average molecular weight is 312 g/mol. The van der Waals surface area contributed by atoms with E-state index in [9.17, 15) is 4.79 Å². The molecule has 0 atom stereocenters. The number of rotatable bonds is 4. The molecule has 3 heterocycles. The van der Waals surface area contributed by atoms with E-state index in [2.05, 4.69) is 32.3 Å². The van der Waals surface area contributed by atoms with Gasteiger partial charge >= 0.3 is 0 Å². The quantitative estimate of drug-likeness (QED) is 0.839. The maximum atomic E-state index is 12.3. The molecule has 7 heteroatoms. The fraction of sp³-hybridized carbons (Fsp3) is 0.500. The number of nitrogens with zero attached hydrogens (tertiary/aromatic N) is 6. The molecule has 0 aromatic carbocycles. The van der Waals surface area contributed by atoms with Crippen molar-refractivity contribution in [3.8, 4) is 0 Å². The molecule has 2 aromatic rings. The van der Waals surface area contributed by atoms with E-state index in [0.717, 1.165) is 24.6 Å². The normalized spacial score (nSPS) is 18.3. The Kier molecular flexibility index (Phi) is 3.69. The lowest BCUT2D eigenvalue weighted by Crippen LogP contribution is -2.50. The number of hydrogen-bond acceptors (Lipinski definition) is 5. The molecule has 4 rings (SSSR count). The molecule has 0 bridgehead atoms. The fourth-order valence-electron chi connectivity index (χ4n) is 2.92. The first kappa shape index (κ1) is 14.2. The molecule has 2 aromatic heterocycles. The second-order valence-corrected chi connectivity index (χ2v) is 6.16. The Hall–Kier alpha value is -2.44. The molecule has 0 unspecified atom stereocenters. The summed E-state index contributed by atoms with van der Waals surface area (Å²) in [7, 11) is 0. The maximum Gasteiger partial charge on any atom is 0.244 e. The van der Waals surface area contributed by atoms with Crippen molar-refractivity contribution in [1.82, 2.24) is 24.9 Å². The van der Waals surface area contributed by atoms with Crippen molar-refractivity contribution in [1.29, 1.82) is 0 Å². The molecular weight excluding hydrogens is 292 g/mol. The van der Waals surface area contributed by atoms with Crippen LogP contribution in [0.25, 0.3) is 0 Å². The zero-order valence-corrected chi connectivity index (χ0v) is 13.0. The zero-order chi connectivity index (χ0) is 15.6. The monoisotopic (exact) mass is 312 g/mol. The minimum absolute atomic E-state index is 0.114. The number of hydrogen-bond donors (Lipinski definition) is 0. The summed E-state index contributed by atoms with van der Waals surface area (Å²) in [5.41, 5.74) is 1.11. The summed E-state index contributed by atoms with van der Waals surface area (Å²) < 4.78 is 1.66. The van der Waals surface area contributed by atoms with Crippen LogP contribution >= 0.6 is 0 Å². The maximum absolute atomic E-state index is 12.3. The van der Waals surface area contributed by atoms with Crippen molar-refractivity contribution >= 4 is 11.7 Å². The first-order valence-corrected chi connectivity index (χ1v) is 8.13. The Morgan fingerprint density at radius 2 is 1.96 bits per heavy atom. The van der Waals surface area contributed by atoms with Gasteiger partial charge in [-0.25, -0.2) is 0 Å². The van der Waals surface area contributed by atoms with E-state index in [1.165, 1.54) is 12.8 Å². The number of carbonyl (C=O) groups excluding carboxylic acids is 1. The second-order valence-electron chi connectivity index (χ2n) is 6.16. The average Bonchev–Trinajstić information content (AvgIpc) is 3.33. The molecule has 1 saturated carbocycles. The van der Waals surface area contributed by atoms with Gasteiger partial charge in [0.1, 0.15) is 6.54 Å². The third kappa shape index (κ3) is 3.18. The molecule has 7 nitrogen and oxygen atoms in total. The van der Waals surface area contributed by atoms with Gasteiger partial charge in [0.15, 0.2) is 5.82 Å². The third-order valence-electron chi connectivity index (χ3n) is 4.48. The lowest BCUT2D eigenvalue weighted by molar-refractivity contribution is -0.132. The van der Waals surface area contributed by atoms with Gasteiger partial charge in [0, 0.05) is 44.5 Å². The van der Waals surface area contributed by atoms with Crippen LogP contribution in [0, 0.1) is 0 Å². The van der Waals surface area contributed by atoms with Gasteiger partial charge in [-0.1, -0.05) is 0 Å². The van der Waals surface area contributed by atoms with Gasteiger partial charge in [0.05, 0.1) is 5.69 Å². The highest BCUT2D eigenvalue weighted by Gasteiger charge is 2.26. The molecular formula is C16H20N6O. The summed E-state index contributed by atoms with van der Waals surface area (Å²) in [6.45, 7) is 3.33. The van der Waals surface area contributed by atoms with Gasteiger partial charge < -0.3 is 9.80 Å².